The standard InChI is InChI=1S/C19H18FN3OS.ClH/c20-12-6-8-15(22-18(24)11-5-7-13(21)9-11)14(10-12)19-23-16-3-1-2-4-17(16)25-19;/h1-4,6,8,10-11,13H,5,7,9,21H2,(H,22,24);1H. The lowest BCUT2D eigenvalue weighted by molar-refractivity contribution is -0.119. The summed E-state index contributed by atoms with van der Waals surface area (Å²) in [4.78, 5) is 17.1. The maximum absolute atomic E-state index is 13.8. The minimum absolute atomic E-state index is 0. The number of thiazole rings is 1. The van der Waals surface area contributed by atoms with Crippen LogP contribution in [0.25, 0.3) is 20.8 Å². The second kappa shape index (κ2) is 7.70. The molecule has 3 N–H and O–H groups in total. The van der Waals surface area contributed by atoms with E-state index >= 15 is 0 Å². The van der Waals surface area contributed by atoms with Crippen molar-refractivity contribution in [2.45, 2.75) is 25.3 Å². The third-order valence-corrected chi connectivity index (χ3v) is 5.68. The smallest absolute Gasteiger partial charge is 0.227 e. The molecular weight excluding hydrogens is 373 g/mol. The second-order valence-corrected chi connectivity index (χ2v) is 7.47. The van der Waals surface area contributed by atoms with E-state index < -0.39 is 0 Å². The Labute approximate surface area is 161 Å². The molecule has 7 heteroatoms. The first-order valence-corrected chi connectivity index (χ1v) is 9.14. The number of amides is 1. The number of carbonyl (C=O) groups excluding carboxylic acids is 1. The van der Waals surface area contributed by atoms with Gasteiger partial charge in [0.05, 0.1) is 15.9 Å². The number of benzene rings is 2. The van der Waals surface area contributed by atoms with Gasteiger partial charge in [-0.05, 0) is 49.6 Å². The van der Waals surface area contributed by atoms with Gasteiger partial charge in [0.1, 0.15) is 10.8 Å². The Hall–Kier alpha value is -2.02. The molecule has 4 rings (SSSR count). The molecule has 3 aromatic rings. The maximum Gasteiger partial charge on any atom is 0.227 e. The largest absolute Gasteiger partial charge is 0.328 e. The van der Waals surface area contributed by atoms with Crippen molar-refractivity contribution < 1.29 is 9.18 Å². The van der Waals surface area contributed by atoms with E-state index in [1.165, 1.54) is 23.5 Å². The number of carbonyl (C=O) groups is 1. The zero-order valence-corrected chi connectivity index (χ0v) is 15.6. The van der Waals surface area contributed by atoms with Gasteiger partial charge in [0.2, 0.25) is 5.91 Å². The Bertz CT molecular complexity index is 912. The van der Waals surface area contributed by atoms with E-state index in [1.807, 2.05) is 24.3 Å². The van der Waals surface area contributed by atoms with Crippen molar-refractivity contribution in [1.82, 2.24) is 4.98 Å². The van der Waals surface area contributed by atoms with Crippen LogP contribution in [0.2, 0.25) is 0 Å². The van der Waals surface area contributed by atoms with Crippen LogP contribution in [-0.2, 0) is 4.79 Å². The minimum atomic E-state index is -0.352. The molecule has 2 unspecified atom stereocenters. The fraction of sp³-hybridized carbons (Fsp3) is 0.263. The number of nitrogens with two attached hydrogens (primary N) is 1. The highest BCUT2D eigenvalue weighted by Crippen LogP contribution is 2.35. The molecule has 1 fully saturated rings. The molecule has 26 heavy (non-hydrogen) atoms. The number of fused-ring (bicyclic) bond motifs is 1. The number of anilines is 1. The molecule has 2 atom stereocenters. The van der Waals surface area contributed by atoms with Crippen LogP contribution in [0.4, 0.5) is 10.1 Å². The average molecular weight is 392 g/mol. The molecule has 0 saturated heterocycles. The maximum atomic E-state index is 13.8. The molecule has 0 aliphatic heterocycles. The fourth-order valence-electron chi connectivity index (χ4n) is 3.28. The molecule has 4 nitrogen and oxygen atoms in total. The monoisotopic (exact) mass is 391 g/mol. The summed E-state index contributed by atoms with van der Waals surface area (Å²) < 4.78 is 14.9. The highest BCUT2D eigenvalue weighted by molar-refractivity contribution is 7.21. The van der Waals surface area contributed by atoms with Crippen molar-refractivity contribution in [3.05, 3.63) is 48.3 Å². The van der Waals surface area contributed by atoms with Gasteiger partial charge in [0.25, 0.3) is 0 Å². The van der Waals surface area contributed by atoms with Crippen LogP contribution < -0.4 is 11.1 Å². The zero-order chi connectivity index (χ0) is 17.4. The Kier molecular flexibility index (Phi) is 5.55. The Morgan fingerprint density at radius 1 is 1.23 bits per heavy atom. The van der Waals surface area contributed by atoms with Crippen LogP contribution in [0.1, 0.15) is 19.3 Å². The van der Waals surface area contributed by atoms with E-state index in [0.29, 0.717) is 22.7 Å². The van der Waals surface area contributed by atoms with E-state index in [0.717, 1.165) is 23.1 Å². The molecule has 1 heterocycles. The van der Waals surface area contributed by atoms with Crippen LogP contribution in [0, 0.1) is 11.7 Å². The number of nitrogens with one attached hydrogen (secondary N) is 1. The van der Waals surface area contributed by atoms with Crippen molar-refractivity contribution in [2.75, 3.05) is 5.32 Å². The summed E-state index contributed by atoms with van der Waals surface area (Å²) >= 11 is 1.48. The van der Waals surface area contributed by atoms with Gasteiger partial charge < -0.3 is 11.1 Å². The molecule has 1 aliphatic carbocycles. The van der Waals surface area contributed by atoms with Gasteiger partial charge in [-0.25, -0.2) is 9.37 Å². The van der Waals surface area contributed by atoms with Gasteiger partial charge in [0.15, 0.2) is 0 Å². The first-order valence-electron chi connectivity index (χ1n) is 8.32. The second-order valence-electron chi connectivity index (χ2n) is 6.44. The van der Waals surface area contributed by atoms with Gasteiger partial charge in [-0.1, -0.05) is 12.1 Å². The van der Waals surface area contributed by atoms with Gasteiger partial charge in [-0.2, -0.15) is 0 Å². The van der Waals surface area contributed by atoms with E-state index in [-0.39, 0.29) is 36.1 Å². The molecule has 0 bridgehead atoms. The summed E-state index contributed by atoms with van der Waals surface area (Å²) in [5.74, 6) is -0.486. The predicted octanol–water partition coefficient (Wildman–Crippen LogP) is 4.59. The van der Waals surface area contributed by atoms with E-state index in [9.17, 15) is 9.18 Å². The third kappa shape index (κ3) is 3.72. The van der Waals surface area contributed by atoms with Crippen molar-refractivity contribution in [3.63, 3.8) is 0 Å². The molecule has 136 valence electrons. The van der Waals surface area contributed by atoms with Crippen molar-refractivity contribution >= 4 is 45.6 Å². The molecule has 1 saturated carbocycles. The molecular formula is C19H19ClFN3OS. The number of para-hydroxylation sites is 1. The topological polar surface area (TPSA) is 68.0 Å². The van der Waals surface area contributed by atoms with E-state index in [1.54, 1.807) is 6.07 Å². The first kappa shape index (κ1) is 18.8. The summed E-state index contributed by atoms with van der Waals surface area (Å²) in [5.41, 5.74) is 7.97. The van der Waals surface area contributed by atoms with Crippen molar-refractivity contribution in [2.24, 2.45) is 11.7 Å². The van der Waals surface area contributed by atoms with Crippen LogP contribution in [0.3, 0.4) is 0 Å². The number of halogens is 2. The fourth-order valence-corrected chi connectivity index (χ4v) is 4.28. The summed E-state index contributed by atoms with van der Waals surface area (Å²) in [6.07, 6.45) is 2.36. The van der Waals surface area contributed by atoms with Crippen LogP contribution in [0.5, 0.6) is 0 Å². The zero-order valence-electron chi connectivity index (χ0n) is 13.9. The van der Waals surface area contributed by atoms with Crippen LogP contribution in [-0.4, -0.2) is 16.9 Å². The van der Waals surface area contributed by atoms with Gasteiger partial charge in [-0.15, -0.1) is 23.7 Å². The summed E-state index contributed by atoms with van der Waals surface area (Å²) in [5, 5.41) is 3.64. The molecule has 0 spiro atoms. The lowest BCUT2D eigenvalue weighted by Gasteiger charge is -2.13. The third-order valence-electron chi connectivity index (χ3n) is 4.61. The Morgan fingerprint density at radius 2 is 2.04 bits per heavy atom. The normalized spacial score (nSPS) is 19.3. The lowest BCUT2D eigenvalue weighted by Crippen LogP contribution is -2.23. The molecule has 0 radical (unpaired) electrons. The van der Waals surface area contributed by atoms with E-state index in [2.05, 4.69) is 10.3 Å². The number of nitrogens with zero attached hydrogens (tertiary/aromatic N) is 1. The van der Waals surface area contributed by atoms with Crippen molar-refractivity contribution in [3.8, 4) is 10.6 Å². The molecule has 1 amide bonds. The molecule has 2 aromatic carbocycles. The molecule has 1 aliphatic rings. The number of aromatic nitrogens is 1. The van der Waals surface area contributed by atoms with Crippen LogP contribution in [0.15, 0.2) is 42.5 Å². The summed E-state index contributed by atoms with van der Waals surface area (Å²) in [6, 6.07) is 12.2. The van der Waals surface area contributed by atoms with Gasteiger partial charge in [0, 0.05) is 17.5 Å². The number of hydrogen-bond donors (Lipinski definition) is 2. The molecule has 1 aromatic heterocycles. The van der Waals surface area contributed by atoms with Crippen molar-refractivity contribution in [1.29, 1.82) is 0 Å². The SMILES string of the molecule is Cl.NC1CCC(C(=O)Nc2ccc(F)cc2-c2nc3ccccc3s2)C1. The van der Waals surface area contributed by atoms with Gasteiger partial charge in [-0.3, -0.25) is 4.79 Å². The lowest BCUT2D eigenvalue weighted by atomic mass is 10.1. The Balaban J connectivity index is 0.00000196. The average Bonchev–Trinajstić information content (AvgIpc) is 3.22. The summed E-state index contributed by atoms with van der Waals surface area (Å²) in [6.45, 7) is 0. The predicted molar refractivity (Wildman–Crippen MR) is 106 cm³/mol. The highest BCUT2D eigenvalue weighted by atomic mass is 35.5. The quantitative estimate of drug-likeness (QED) is 0.686. The summed E-state index contributed by atoms with van der Waals surface area (Å²) in [7, 11) is 0. The van der Waals surface area contributed by atoms with E-state index in [4.69, 9.17) is 5.73 Å². The minimum Gasteiger partial charge on any atom is -0.328 e. The highest BCUT2D eigenvalue weighted by Gasteiger charge is 2.28. The first-order chi connectivity index (χ1) is 12.1. The van der Waals surface area contributed by atoms with Crippen LogP contribution >= 0.6 is 23.7 Å². The number of hydrogen-bond acceptors (Lipinski definition) is 4. The number of rotatable bonds is 3. The van der Waals surface area contributed by atoms with Gasteiger partial charge >= 0.3 is 0 Å². The Morgan fingerprint density at radius 3 is 2.77 bits per heavy atom.